The Hall–Kier alpha value is -3.49. The molecule has 0 aliphatic heterocycles. The SMILES string of the molecule is C/C(=N\NC(=O)c1sc2ccccc2c1Cl)c1ccc(NC(=O)/C=C/C(=O)O)cc1. The number of halogens is 1. The van der Waals surface area contributed by atoms with Crippen LogP contribution in [0.3, 0.4) is 0 Å². The van der Waals surface area contributed by atoms with E-state index in [0.29, 0.717) is 21.3 Å². The molecule has 2 aromatic carbocycles. The number of benzene rings is 2. The molecule has 30 heavy (non-hydrogen) atoms. The van der Waals surface area contributed by atoms with Crippen LogP contribution in [0.15, 0.2) is 65.8 Å². The average molecular weight is 442 g/mol. The Kier molecular flexibility index (Phi) is 6.61. The molecule has 0 unspecified atom stereocenters. The minimum Gasteiger partial charge on any atom is -0.478 e. The first-order valence-corrected chi connectivity index (χ1v) is 9.88. The number of fused-ring (bicyclic) bond motifs is 1. The van der Waals surface area contributed by atoms with E-state index >= 15 is 0 Å². The Bertz CT molecular complexity index is 1180. The zero-order valence-corrected chi connectivity index (χ0v) is 17.3. The van der Waals surface area contributed by atoms with Gasteiger partial charge in [-0.15, -0.1) is 11.3 Å². The molecule has 2 amide bonds. The van der Waals surface area contributed by atoms with Crippen molar-refractivity contribution >= 4 is 62.2 Å². The van der Waals surface area contributed by atoms with Gasteiger partial charge >= 0.3 is 5.97 Å². The molecule has 0 fully saturated rings. The second-order valence-electron chi connectivity index (χ2n) is 6.12. The summed E-state index contributed by atoms with van der Waals surface area (Å²) in [5.74, 6) is -2.15. The summed E-state index contributed by atoms with van der Waals surface area (Å²) in [5, 5.41) is 16.4. The number of anilines is 1. The van der Waals surface area contributed by atoms with Crippen molar-refractivity contribution in [1.29, 1.82) is 0 Å². The number of carbonyl (C=O) groups excluding carboxylic acids is 2. The second-order valence-corrected chi connectivity index (χ2v) is 7.55. The number of rotatable bonds is 6. The van der Waals surface area contributed by atoms with Crippen LogP contribution in [0.5, 0.6) is 0 Å². The Balaban J connectivity index is 1.66. The molecule has 0 saturated carbocycles. The van der Waals surface area contributed by atoms with Crippen molar-refractivity contribution in [3.05, 3.63) is 76.1 Å². The third kappa shape index (κ3) is 5.11. The van der Waals surface area contributed by atoms with Gasteiger partial charge in [0.2, 0.25) is 5.91 Å². The van der Waals surface area contributed by atoms with Crippen LogP contribution in [0.2, 0.25) is 5.02 Å². The molecule has 0 aliphatic rings. The first-order chi connectivity index (χ1) is 14.3. The standard InChI is InChI=1S/C21H16ClN3O4S/c1-12(13-6-8-14(9-7-13)23-17(26)10-11-18(27)28)24-25-21(29)20-19(22)15-4-2-3-5-16(15)30-20/h2-11H,1H3,(H,23,26)(H,25,29)(H,27,28)/b11-10+,24-12+. The van der Waals surface area contributed by atoms with Crippen LogP contribution in [0.25, 0.3) is 10.1 Å². The fraction of sp³-hybridized carbons (Fsp3) is 0.0476. The van der Waals surface area contributed by atoms with Crippen LogP contribution in [-0.4, -0.2) is 28.6 Å². The van der Waals surface area contributed by atoms with Crippen molar-refractivity contribution in [2.24, 2.45) is 5.10 Å². The van der Waals surface area contributed by atoms with Crippen LogP contribution in [-0.2, 0) is 9.59 Å². The molecule has 0 aliphatic carbocycles. The summed E-state index contributed by atoms with van der Waals surface area (Å²) in [5.41, 5.74) is 4.30. The van der Waals surface area contributed by atoms with Gasteiger partial charge in [0.15, 0.2) is 0 Å². The fourth-order valence-electron chi connectivity index (χ4n) is 2.54. The highest BCUT2D eigenvalue weighted by Crippen LogP contribution is 2.34. The number of aliphatic carboxylic acids is 1. The number of thiophene rings is 1. The van der Waals surface area contributed by atoms with E-state index in [9.17, 15) is 14.4 Å². The number of nitrogens with zero attached hydrogens (tertiary/aromatic N) is 1. The molecule has 0 spiro atoms. The smallest absolute Gasteiger partial charge is 0.328 e. The number of hydrazone groups is 1. The highest BCUT2D eigenvalue weighted by atomic mass is 35.5. The molecule has 1 heterocycles. The van der Waals surface area contributed by atoms with Crippen molar-refractivity contribution in [3.63, 3.8) is 0 Å². The third-order valence-corrected chi connectivity index (χ3v) is 5.69. The van der Waals surface area contributed by atoms with Gasteiger partial charge in [-0.05, 0) is 30.7 Å². The summed E-state index contributed by atoms with van der Waals surface area (Å²) in [6.07, 6.45) is 1.68. The molecule has 3 N–H and O–H groups in total. The number of carbonyl (C=O) groups is 3. The average Bonchev–Trinajstić information content (AvgIpc) is 3.08. The van der Waals surface area contributed by atoms with E-state index < -0.39 is 17.8 Å². The maximum Gasteiger partial charge on any atom is 0.328 e. The monoisotopic (exact) mass is 441 g/mol. The molecule has 0 radical (unpaired) electrons. The van der Waals surface area contributed by atoms with Crippen LogP contribution in [0, 0.1) is 0 Å². The van der Waals surface area contributed by atoms with E-state index in [4.69, 9.17) is 16.7 Å². The maximum absolute atomic E-state index is 12.5. The number of amides is 2. The van der Waals surface area contributed by atoms with E-state index in [1.165, 1.54) is 11.3 Å². The predicted molar refractivity (Wildman–Crippen MR) is 118 cm³/mol. The molecular weight excluding hydrogens is 426 g/mol. The minimum absolute atomic E-state index is 0.391. The quantitative estimate of drug-likeness (QED) is 0.301. The second kappa shape index (κ2) is 9.34. The summed E-state index contributed by atoms with van der Waals surface area (Å²) in [4.78, 5) is 34.9. The summed E-state index contributed by atoms with van der Waals surface area (Å²) in [7, 11) is 0. The van der Waals surface area contributed by atoms with Gasteiger partial charge in [0.25, 0.3) is 5.91 Å². The molecule has 7 nitrogen and oxygen atoms in total. The number of hydrogen-bond donors (Lipinski definition) is 3. The Labute approximate surface area is 180 Å². The minimum atomic E-state index is -1.20. The Morgan fingerprint density at radius 2 is 1.77 bits per heavy atom. The van der Waals surface area contributed by atoms with Gasteiger partial charge in [-0.3, -0.25) is 9.59 Å². The summed E-state index contributed by atoms with van der Waals surface area (Å²) in [6.45, 7) is 1.73. The summed E-state index contributed by atoms with van der Waals surface area (Å²) in [6, 6.07) is 14.2. The van der Waals surface area contributed by atoms with Gasteiger partial charge in [0, 0.05) is 27.9 Å². The predicted octanol–water partition coefficient (Wildman–Crippen LogP) is 4.29. The van der Waals surface area contributed by atoms with Crippen LogP contribution in [0.1, 0.15) is 22.2 Å². The zero-order chi connectivity index (χ0) is 21.7. The Morgan fingerprint density at radius 3 is 2.43 bits per heavy atom. The third-order valence-electron chi connectivity index (χ3n) is 4.01. The number of carboxylic acid groups (broad SMARTS) is 1. The summed E-state index contributed by atoms with van der Waals surface area (Å²) < 4.78 is 0.921. The lowest BCUT2D eigenvalue weighted by Crippen LogP contribution is -2.18. The van der Waals surface area contributed by atoms with Crippen LogP contribution >= 0.6 is 22.9 Å². The van der Waals surface area contributed by atoms with Crippen molar-refractivity contribution in [2.45, 2.75) is 6.92 Å². The van der Waals surface area contributed by atoms with Crippen LogP contribution < -0.4 is 10.7 Å². The number of carboxylic acids is 1. The van der Waals surface area contributed by atoms with E-state index in [1.54, 1.807) is 31.2 Å². The van der Waals surface area contributed by atoms with Gasteiger partial charge in [-0.1, -0.05) is 41.9 Å². The Morgan fingerprint density at radius 1 is 1.07 bits per heavy atom. The number of nitrogens with one attached hydrogen (secondary N) is 2. The first-order valence-electron chi connectivity index (χ1n) is 8.69. The molecular formula is C21H16ClN3O4S. The van der Waals surface area contributed by atoms with E-state index in [-0.39, 0.29) is 0 Å². The molecule has 0 bridgehead atoms. The zero-order valence-electron chi connectivity index (χ0n) is 15.7. The highest BCUT2D eigenvalue weighted by Gasteiger charge is 2.16. The molecule has 9 heteroatoms. The van der Waals surface area contributed by atoms with E-state index in [0.717, 1.165) is 27.8 Å². The van der Waals surface area contributed by atoms with Gasteiger partial charge in [-0.25, -0.2) is 10.2 Å². The molecule has 1 aromatic heterocycles. The van der Waals surface area contributed by atoms with Gasteiger partial charge < -0.3 is 10.4 Å². The van der Waals surface area contributed by atoms with Crippen molar-refractivity contribution in [2.75, 3.05) is 5.32 Å². The largest absolute Gasteiger partial charge is 0.478 e. The van der Waals surface area contributed by atoms with Crippen LogP contribution in [0.4, 0.5) is 5.69 Å². The van der Waals surface area contributed by atoms with Gasteiger partial charge in [0.05, 0.1) is 10.7 Å². The van der Waals surface area contributed by atoms with Crippen molar-refractivity contribution in [1.82, 2.24) is 5.43 Å². The van der Waals surface area contributed by atoms with Gasteiger partial charge in [-0.2, -0.15) is 5.10 Å². The molecule has 152 valence electrons. The normalized spacial score (nSPS) is 11.6. The highest BCUT2D eigenvalue weighted by molar-refractivity contribution is 7.21. The van der Waals surface area contributed by atoms with E-state index in [1.807, 2.05) is 24.3 Å². The maximum atomic E-state index is 12.5. The lowest BCUT2D eigenvalue weighted by Gasteiger charge is -2.05. The van der Waals surface area contributed by atoms with Crippen molar-refractivity contribution in [3.8, 4) is 0 Å². The molecule has 3 aromatic rings. The molecule has 0 saturated heterocycles. The molecule has 3 rings (SSSR count). The lowest BCUT2D eigenvalue weighted by molar-refractivity contribution is -0.131. The van der Waals surface area contributed by atoms with Crippen molar-refractivity contribution < 1.29 is 19.5 Å². The first kappa shape index (κ1) is 21.2. The molecule has 0 atom stereocenters. The lowest BCUT2D eigenvalue weighted by atomic mass is 10.1. The number of hydrogen-bond acceptors (Lipinski definition) is 5. The van der Waals surface area contributed by atoms with E-state index in [2.05, 4.69) is 15.8 Å². The fourth-order valence-corrected chi connectivity index (χ4v) is 3.94. The van der Waals surface area contributed by atoms with Gasteiger partial charge in [0.1, 0.15) is 4.88 Å². The summed E-state index contributed by atoms with van der Waals surface area (Å²) >= 11 is 7.61. The topological polar surface area (TPSA) is 108 Å².